The standard InChI is InChI=1S/C20H23N7O2/c1-14(18(28)25-16-4-3-15-5-8-21-17(15)13-16)24-20(29)27-11-9-26(10-12-27)19-22-6-2-7-23-19/h2-8,13-14,21H,9-12H2,1H3,(H,24,29)(H,25,28)/t14-/m1/s1. The molecule has 0 aliphatic carbocycles. The lowest BCUT2D eigenvalue weighted by atomic mass is 10.2. The molecule has 29 heavy (non-hydrogen) atoms. The quantitative estimate of drug-likeness (QED) is 0.627. The van der Waals surface area contributed by atoms with Gasteiger partial charge in [-0.15, -0.1) is 0 Å². The molecule has 2 aromatic heterocycles. The van der Waals surface area contributed by atoms with Crippen LogP contribution in [-0.4, -0.2) is 64.0 Å². The van der Waals surface area contributed by atoms with Gasteiger partial charge in [-0.1, -0.05) is 6.07 Å². The zero-order chi connectivity index (χ0) is 20.2. The largest absolute Gasteiger partial charge is 0.361 e. The molecule has 1 aliphatic heterocycles. The summed E-state index contributed by atoms with van der Waals surface area (Å²) in [5.74, 6) is 0.403. The SMILES string of the molecule is C[C@@H](NC(=O)N1CCN(c2ncccn2)CC1)C(=O)Nc1ccc2cc[nH]c2c1. The molecule has 9 heteroatoms. The molecule has 3 amide bonds. The lowest BCUT2D eigenvalue weighted by molar-refractivity contribution is -0.117. The molecule has 3 aromatic rings. The summed E-state index contributed by atoms with van der Waals surface area (Å²) in [7, 11) is 0. The van der Waals surface area contributed by atoms with E-state index in [1.807, 2.05) is 35.4 Å². The van der Waals surface area contributed by atoms with Gasteiger partial charge in [-0.2, -0.15) is 0 Å². The predicted octanol–water partition coefficient (Wildman–Crippen LogP) is 1.82. The Hall–Kier alpha value is -3.62. The lowest BCUT2D eigenvalue weighted by Gasteiger charge is -2.35. The maximum atomic E-state index is 12.5. The Balaban J connectivity index is 1.28. The third-order valence-corrected chi connectivity index (χ3v) is 4.96. The van der Waals surface area contributed by atoms with Gasteiger partial charge in [0.2, 0.25) is 11.9 Å². The van der Waals surface area contributed by atoms with E-state index in [0.717, 1.165) is 10.9 Å². The lowest BCUT2D eigenvalue weighted by Crippen LogP contribution is -2.55. The normalized spacial score (nSPS) is 15.2. The number of aromatic nitrogens is 3. The Morgan fingerprint density at radius 3 is 2.62 bits per heavy atom. The average molecular weight is 393 g/mol. The Morgan fingerprint density at radius 2 is 1.86 bits per heavy atom. The molecule has 0 spiro atoms. The fraction of sp³-hybridized carbons (Fsp3) is 0.300. The number of aromatic amines is 1. The molecule has 4 rings (SSSR count). The summed E-state index contributed by atoms with van der Waals surface area (Å²) in [6.07, 6.45) is 5.26. The molecular formula is C20H23N7O2. The van der Waals surface area contributed by atoms with Crippen LogP contribution in [0.4, 0.5) is 16.4 Å². The van der Waals surface area contributed by atoms with Gasteiger partial charge in [0.05, 0.1) is 0 Å². The average Bonchev–Trinajstić information content (AvgIpc) is 3.22. The highest BCUT2D eigenvalue weighted by Crippen LogP contribution is 2.17. The number of H-pyrrole nitrogens is 1. The molecule has 0 radical (unpaired) electrons. The Morgan fingerprint density at radius 1 is 1.10 bits per heavy atom. The molecule has 1 fully saturated rings. The zero-order valence-electron chi connectivity index (χ0n) is 16.1. The Kier molecular flexibility index (Phi) is 5.28. The van der Waals surface area contributed by atoms with E-state index in [4.69, 9.17) is 0 Å². The van der Waals surface area contributed by atoms with E-state index in [1.54, 1.807) is 30.3 Å². The van der Waals surface area contributed by atoms with Crippen LogP contribution in [0.1, 0.15) is 6.92 Å². The fourth-order valence-corrected chi connectivity index (χ4v) is 3.28. The molecule has 0 bridgehead atoms. The van der Waals surface area contributed by atoms with Gasteiger partial charge >= 0.3 is 6.03 Å². The number of urea groups is 1. The first-order chi connectivity index (χ1) is 14.1. The highest BCUT2D eigenvalue weighted by Gasteiger charge is 2.25. The number of anilines is 2. The number of carbonyl (C=O) groups is 2. The van der Waals surface area contributed by atoms with Crippen molar-refractivity contribution in [2.45, 2.75) is 13.0 Å². The molecule has 9 nitrogen and oxygen atoms in total. The van der Waals surface area contributed by atoms with Crippen molar-refractivity contribution in [2.75, 3.05) is 36.4 Å². The summed E-state index contributed by atoms with van der Waals surface area (Å²) in [6.45, 7) is 4.06. The van der Waals surface area contributed by atoms with Crippen LogP contribution in [0.2, 0.25) is 0 Å². The first kappa shape index (κ1) is 18.7. The maximum Gasteiger partial charge on any atom is 0.318 e. The number of amides is 3. The second kappa shape index (κ2) is 8.17. The van der Waals surface area contributed by atoms with Crippen molar-refractivity contribution in [3.05, 3.63) is 48.9 Å². The molecule has 3 heterocycles. The van der Waals surface area contributed by atoms with E-state index in [2.05, 4.69) is 25.6 Å². The van der Waals surface area contributed by atoms with E-state index in [-0.39, 0.29) is 11.9 Å². The fourth-order valence-electron chi connectivity index (χ4n) is 3.28. The molecular weight excluding hydrogens is 370 g/mol. The highest BCUT2D eigenvalue weighted by molar-refractivity contribution is 5.98. The molecule has 1 aliphatic rings. The third-order valence-electron chi connectivity index (χ3n) is 4.96. The van der Waals surface area contributed by atoms with Gasteiger partial charge in [0.15, 0.2) is 0 Å². The summed E-state index contributed by atoms with van der Waals surface area (Å²) in [5, 5.41) is 6.69. The van der Waals surface area contributed by atoms with Crippen molar-refractivity contribution in [3.63, 3.8) is 0 Å². The van der Waals surface area contributed by atoms with Crippen LogP contribution >= 0.6 is 0 Å². The van der Waals surface area contributed by atoms with Crippen LogP contribution in [0.5, 0.6) is 0 Å². The van der Waals surface area contributed by atoms with E-state index in [9.17, 15) is 9.59 Å². The number of benzene rings is 1. The van der Waals surface area contributed by atoms with Crippen LogP contribution in [0.3, 0.4) is 0 Å². The Bertz CT molecular complexity index is 996. The minimum Gasteiger partial charge on any atom is -0.361 e. The highest BCUT2D eigenvalue weighted by atomic mass is 16.2. The summed E-state index contributed by atoms with van der Waals surface area (Å²) >= 11 is 0. The Labute approximate surface area is 168 Å². The maximum absolute atomic E-state index is 12.5. The van der Waals surface area contributed by atoms with Crippen LogP contribution in [0, 0.1) is 0 Å². The van der Waals surface area contributed by atoms with Crippen molar-refractivity contribution < 1.29 is 9.59 Å². The van der Waals surface area contributed by atoms with Crippen molar-refractivity contribution in [2.24, 2.45) is 0 Å². The van der Waals surface area contributed by atoms with Crippen molar-refractivity contribution in [3.8, 4) is 0 Å². The monoisotopic (exact) mass is 393 g/mol. The summed E-state index contributed by atoms with van der Waals surface area (Å²) in [4.78, 5) is 40.3. The molecule has 1 atom stereocenters. The topological polar surface area (TPSA) is 106 Å². The van der Waals surface area contributed by atoms with Gasteiger partial charge in [-0.3, -0.25) is 4.79 Å². The number of fused-ring (bicyclic) bond motifs is 1. The number of rotatable bonds is 4. The van der Waals surface area contributed by atoms with Gasteiger partial charge in [0, 0.05) is 56.0 Å². The van der Waals surface area contributed by atoms with Crippen molar-refractivity contribution in [1.29, 1.82) is 0 Å². The molecule has 0 saturated carbocycles. The number of nitrogens with zero attached hydrogens (tertiary/aromatic N) is 4. The first-order valence-electron chi connectivity index (χ1n) is 9.55. The number of carbonyl (C=O) groups excluding carboxylic acids is 2. The zero-order valence-corrected chi connectivity index (χ0v) is 16.1. The van der Waals surface area contributed by atoms with Crippen LogP contribution in [-0.2, 0) is 4.79 Å². The molecule has 150 valence electrons. The van der Waals surface area contributed by atoms with E-state index in [1.165, 1.54) is 0 Å². The molecule has 1 aromatic carbocycles. The van der Waals surface area contributed by atoms with Gasteiger partial charge < -0.3 is 25.4 Å². The molecule has 3 N–H and O–H groups in total. The second-order valence-electron chi connectivity index (χ2n) is 6.96. The van der Waals surface area contributed by atoms with Gasteiger partial charge in [0.25, 0.3) is 0 Å². The minimum absolute atomic E-state index is 0.249. The van der Waals surface area contributed by atoms with Crippen molar-refractivity contribution >= 4 is 34.5 Å². The summed E-state index contributed by atoms with van der Waals surface area (Å²) < 4.78 is 0. The number of piperazine rings is 1. The van der Waals surface area contributed by atoms with E-state index >= 15 is 0 Å². The van der Waals surface area contributed by atoms with Crippen LogP contribution in [0.15, 0.2) is 48.9 Å². The smallest absolute Gasteiger partial charge is 0.318 e. The van der Waals surface area contributed by atoms with Crippen molar-refractivity contribution in [1.82, 2.24) is 25.2 Å². The predicted molar refractivity (Wildman–Crippen MR) is 111 cm³/mol. The van der Waals surface area contributed by atoms with E-state index < -0.39 is 6.04 Å². The van der Waals surface area contributed by atoms with E-state index in [0.29, 0.717) is 37.8 Å². The van der Waals surface area contributed by atoms with Gasteiger partial charge in [-0.05, 0) is 36.6 Å². The second-order valence-corrected chi connectivity index (χ2v) is 6.96. The van der Waals surface area contributed by atoms with Crippen LogP contribution < -0.4 is 15.5 Å². The summed E-state index contributed by atoms with van der Waals surface area (Å²) in [6, 6.07) is 8.47. The first-order valence-corrected chi connectivity index (χ1v) is 9.55. The molecule has 0 unspecified atom stereocenters. The number of hydrogen-bond acceptors (Lipinski definition) is 5. The molecule has 1 saturated heterocycles. The van der Waals surface area contributed by atoms with Gasteiger partial charge in [0.1, 0.15) is 6.04 Å². The summed E-state index contributed by atoms with van der Waals surface area (Å²) in [5.41, 5.74) is 1.63. The minimum atomic E-state index is -0.655. The van der Waals surface area contributed by atoms with Gasteiger partial charge in [-0.25, -0.2) is 14.8 Å². The number of nitrogens with one attached hydrogen (secondary N) is 3. The third kappa shape index (κ3) is 4.29. The number of hydrogen-bond donors (Lipinski definition) is 3. The van der Waals surface area contributed by atoms with Crippen LogP contribution in [0.25, 0.3) is 10.9 Å².